The third-order valence-electron chi connectivity index (χ3n) is 3.56. The average molecular weight is 176 g/mol. The fraction of sp³-hybridized carbons (Fsp3) is 1.00. The van der Waals surface area contributed by atoms with Crippen LogP contribution in [0.25, 0.3) is 0 Å². The monoisotopic (exact) mass is 175 g/mol. The van der Waals surface area contributed by atoms with Crippen LogP contribution in [-0.4, -0.2) is 6.54 Å². The maximum absolute atomic E-state index is 5.59. The standard InChI is InChI=1S/C9H17N.ClH/c10-6-5-9-3-1-8(7-9)2-4-9;/h8H,1-7,10H2;1H. The first kappa shape index (κ1) is 9.34. The molecule has 2 heteroatoms. The van der Waals surface area contributed by atoms with E-state index >= 15 is 0 Å². The SMILES string of the molecule is Cl.NCCC12CCC(CC1)C2. The van der Waals surface area contributed by atoms with E-state index in [1.165, 1.54) is 38.5 Å². The van der Waals surface area contributed by atoms with Crippen LogP contribution < -0.4 is 5.73 Å². The lowest BCUT2D eigenvalue weighted by Crippen LogP contribution is -2.18. The van der Waals surface area contributed by atoms with E-state index in [0.29, 0.717) is 0 Å². The molecule has 1 nitrogen and oxygen atoms in total. The largest absolute Gasteiger partial charge is 0.330 e. The Hall–Kier alpha value is 0.250. The zero-order chi connectivity index (χ0) is 7.03. The van der Waals surface area contributed by atoms with Crippen LogP contribution in [0.4, 0.5) is 0 Å². The molecule has 0 aromatic heterocycles. The zero-order valence-corrected chi connectivity index (χ0v) is 7.83. The van der Waals surface area contributed by atoms with E-state index in [-0.39, 0.29) is 12.4 Å². The summed E-state index contributed by atoms with van der Waals surface area (Å²) in [4.78, 5) is 0. The van der Waals surface area contributed by atoms with Crippen LogP contribution >= 0.6 is 12.4 Å². The van der Waals surface area contributed by atoms with Crippen LogP contribution in [0.5, 0.6) is 0 Å². The lowest BCUT2D eigenvalue weighted by molar-refractivity contribution is 0.276. The van der Waals surface area contributed by atoms with Crippen molar-refractivity contribution in [3.05, 3.63) is 0 Å². The molecule has 2 N–H and O–H groups in total. The van der Waals surface area contributed by atoms with Gasteiger partial charge in [0.1, 0.15) is 0 Å². The molecular weight excluding hydrogens is 158 g/mol. The van der Waals surface area contributed by atoms with Crippen molar-refractivity contribution in [3.63, 3.8) is 0 Å². The van der Waals surface area contributed by atoms with Crippen molar-refractivity contribution in [3.8, 4) is 0 Å². The molecule has 11 heavy (non-hydrogen) atoms. The van der Waals surface area contributed by atoms with Gasteiger partial charge in [0, 0.05) is 0 Å². The van der Waals surface area contributed by atoms with E-state index in [1.807, 2.05) is 0 Å². The molecule has 0 amide bonds. The smallest absolute Gasteiger partial charge is 0.00720 e. The highest BCUT2D eigenvalue weighted by atomic mass is 35.5. The average Bonchev–Trinajstić information content (AvgIpc) is 2.46. The summed E-state index contributed by atoms with van der Waals surface area (Å²) >= 11 is 0. The molecule has 0 heterocycles. The summed E-state index contributed by atoms with van der Waals surface area (Å²) in [5.41, 5.74) is 6.32. The summed E-state index contributed by atoms with van der Waals surface area (Å²) in [7, 11) is 0. The highest BCUT2D eigenvalue weighted by Gasteiger charge is 2.43. The van der Waals surface area contributed by atoms with E-state index < -0.39 is 0 Å². The molecule has 2 aliphatic carbocycles. The van der Waals surface area contributed by atoms with Crippen LogP contribution in [-0.2, 0) is 0 Å². The van der Waals surface area contributed by atoms with Gasteiger partial charge in [-0.05, 0) is 56.4 Å². The Morgan fingerprint density at radius 3 is 2.27 bits per heavy atom. The number of halogens is 1. The summed E-state index contributed by atoms with van der Waals surface area (Å²) in [6.45, 7) is 0.909. The summed E-state index contributed by atoms with van der Waals surface area (Å²) < 4.78 is 0. The van der Waals surface area contributed by atoms with Gasteiger partial charge in [-0.2, -0.15) is 0 Å². The minimum atomic E-state index is 0. The topological polar surface area (TPSA) is 26.0 Å². The molecule has 0 atom stereocenters. The van der Waals surface area contributed by atoms with Gasteiger partial charge in [-0.3, -0.25) is 0 Å². The molecule has 66 valence electrons. The Bertz CT molecular complexity index is 128. The quantitative estimate of drug-likeness (QED) is 0.685. The number of rotatable bonds is 2. The molecule has 0 aromatic carbocycles. The Kier molecular flexibility index (Phi) is 2.82. The molecule has 2 rings (SSSR count). The van der Waals surface area contributed by atoms with E-state index in [4.69, 9.17) is 5.73 Å². The molecule has 2 aliphatic rings. The van der Waals surface area contributed by atoms with Crippen molar-refractivity contribution in [2.45, 2.75) is 38.5 Å². The molecular formula is C9H18ClN. The van der Waals surface area contributed by atoms with Crippen LogP contribution in [0.3, 0.4) is 0 Å². The van der Waals surface area contributed by atoms with Gasteiger partial charge in [0.2, 0.25) is 0 Å². The van der Waals surface area contributed by atoms with Crippen molar-refractivity contribution >= 4 is 12.4 Å². The van der Waals surface area contributed by atoms with Crippen LogP contribution in [0.2, 0.25) is 0 Å². The van der Waals surface area contributed by atoms with Gasteiger partial charge in [0.15, 0.2) is 0 Å². The maximum Gasteiger partial charge on any atom is -0.00720 e. The van der Waals surface area contributed by atoms with Gasteiger partial charge in [-0.25, -0.2) is 0 Å². The Balaban J connectivity index is 0.000000605. The van der Waals surface area contributed by atoms with Crippen molar-refractivity contribution in [2.24, 2.45) is 17.1 Å². The van der Waals surface area contributed by atoms with Gasteiger partial charge in [0.05, 0.1) is 0 Å². The van der Waals surface area contributed by atoms with E-state index in [0.717, 1.165) is 17.9 Å². The first-order chi connectivity index (χ1) is 4.85. The molecule has 0 saturated heterocycles. The number of fused-ring (bicyclic) bond motifs is 2. The second-order valence-corrected chi connectivity index (χ2v) is 4.19. The second-order valence-electron chi connectivity index (χ2n) is 4.19. The maximum atomic E-state index is 5.59. The second kappa shape index (κ2) is 3.32. The highest BCUT2D eigenvalue weighted by Crippen LogP contribution is 2.55. The Labute approximate surface area is 75.1 Å². The van der Waals surface area contributed by atoms with Crippen molar-refractivity contribution < 1.29 is 0 Å². The zero-order valence-electron chi connectivity index (χ0n) is 7.01. The van der Waals surface area contributed by atoms with Gasteiger partial charge in [-0.1, -0.05) is 0 Å². The summed E-state index contributed by atoms with van der Waals surface area (Å²) in [5.74, 6) is 1.09. The van der Waals surface area contributed by atoms with E-state index in [1.54, 1.807) is 0 Å². The Morgan fingerprint density at radius 1 is 1.27 bits per heavy atom. The minimum Gasteiger partial charge on any atom is -0.330 e. The molecule has 0 aromatic rings. The Morgan fingerprint density at radius 2 is 1.91 bits per heavy atom. The molecule has 0 radical (unpaired) electrons. The highest BCUT2D eigenvalue weighted by molar-refractivity contribution is 5.85. The van der Waals surface area contributed by atoms with Crippen LogP contribution in [0.1, 0.15) is 38.5 Å². The fourth-order valence-electron chi connectivity index (χ4n) is 2.97. The van der Waals surface area contributed by atoms with Gasteiger partial charge < -0.3 is 5.73 Å². The van der Waals surface area contributed by atoms with Gasteiger partial charge >= 0.3 is 0 Å². The molecule has 2 fully saturated rings. The first-order valence-corrected chi connectivity index (χ1v) is 4.55. The van der Waals surface area contributed by atoms with Crippen LogP contribution in [0.15, 0.2) is 0 Å². The summed E-state index contributed by atoms with van der Waals surface area (Å²) in [6.07, 6.45) is 8.76. The van der Waals surface area contributed by atoms with Crippen LogP contribution in [0, 0.1) is 11.3 Å². The van der Waals surface area contributed by atoms with Crippen molar-refractivity contribution in [1.82, 2.24) is 0 Å². The summed E-state index contributed by atoms with van der Waals surface area (Å²) in [5, 5.41) is 0. The first-order valence-electron chi connectivity index (χ1n) is 4.55. The third-order valence-corrected chi connectivity index (χ3v) is 3.56. The lowest BCUT2D eigenvalue weighted by Gasteiger charge is -2.25. The molecule has 0 spiro atoms. The molecule has 0 aliphatic heterocycles. The summed E-state index contributed by atoms with van der Waals surface area (Å²) in [6, 6.07) is 0. The normalized spacial score (nSPS) is 40.6. The van der Waals surface area contributed by atoms with E-state index in [2.05, 4.69) is 0 Å². The predicted octanol–water partition coefficient (Wildman–Crippen LogP) is 2.34. The number of nitrogens with two attached hydrogens (primary N) is 1. The lowest BCUT2D eigenvalue weighted by atomic mass is 9.81. The number of hydrogen-bond acceptors (Lipinski definition) is 1. The third kappa shape index (κ3) is 1.54. The number of hydrogen-bond donors (Lipinski definition) is 1. The molecule has 2 saturated carbocycles. The molecule has 0 unspecified atom stereocenters. The van der Waals surface area contributed by atoms with Gasteiger partial charge in [0.25, 0.3) is 0 Å². The predicted molar refractivity (Wildman–Crippen MR) is 49.9 cm³/mol. The van der Waals surface area contributed by atoms with Gasteiger partial charge in [-0.15, -0.1) is 12.4 Å². The minimum absolute atomic E-state index is 0. The van der Waals surface area contributed by atoms with E-state index in [9.17, 15) is 0 Å². The fourth-order valence-corrected chi connectivity index (χ4v) is 2.97. The molecule has 2 bridgehead atoms. The van der Waals surface area contributed by atoms with Crippen molar-refractivity contribution in [1.29, 1.82) is 0 Å². The van der Waals surface area contributed by atoms with Crippen molar-refractivity contribution in [2.75, 3.05) is 6.54 Å².